The van der Waals surface area contributed by atoms with Crippen molar-refractivity contribution in [3.05, 3.63) is 58.8 Å². The first-order valence-corrected chi connectivity index (χ1v) is 14.6. The first-order chi connectivity index (χ1) is 19.9. The summed E-state index contributed by atoms with van der Waals surface area (Å²) in [5.41, 5.74) is 10.2. The number of carbonyl (C=O) groups excluding carboxylic acids is 2. The van der Waals surface area contributed by atoms with E-state index in [4.69, 9.17) is 5.73 Å². The van der Waals surface area contributed by atoms with Gasteiger partial charge in [-0.1, -0.05) is 0 Å². The molecule has 0 aromatic carbocycles. The minimum atomic E-state index is -0.630. The molecule has 0 saturated heterocycles. The quantitative estimate of drug-likeness (QED) is 0.190. The van der Waals surface area contributed by atoms with E-state index in [1.165, 1.54) is 34.3 Å². The van der Waals surface area contributed by atoms with Crippen molar-refractivity contribution in [3.63, 3.8) is 0 Å². The van der Waals surface area contributed by atoms with E-state index in [1.54, 1.807) is 5.51 Å². The van der Waals surface area contributed by atoms with Gasteiger partial charge in [-0.05, 0) is 44.6 Å². The average Bonchev–Trinajstić information content (AvgIpc) is 3.43. The lowest BCUT2D eigenvalue weighted by atomic mass is 9.91. The number of fused-ring (bicyclic) bond motifs is 1. The Labute approximate surface area is 239 Å². The molecule has 4 heterocycles. The standard InChI is InChI=1S/C27H31FN10O2S/c28-19-11-30-8-7-21(19)36-27(40)23-12-31-25-22(33-15-1-2-15)10-24(37-38(23)25)34-16-3-5-17(6-4-16)35-26(39)20(29)9-18-13-41-14-32-18/h7-8,10-17,20,33H,1-6,9,29H2,(H,34,37)(H,35,39)(H,30,36,40)/t16?,17?,20-/m0/s1. The zero-order chi connectivity index (χ0) is 28.3. The molecule has 6 rings (SSSR count). The van der Waals surface area contributed by atoms with E-state index < -0.39 is 17.8 Å². The smallest absolute Gasteiger partial charge is 0.276 e. The Kier molecular flexibility index (Phi) is 7.74. The fraction of sp³-hybridized carbons (Fsp3) is 0.407. The maximum atomic E-state index is 14.1. The molecule has 6 N–H and O–H groups in total. The maximum absolute atomic E-state index is 14.1. The molecule has 0 bridgehead atoms. The second-order valence-electron chi connectivity index (χ2n) is 10.5. The van der Waals surface area contributed by atoms with Crippen LogP contribution in [-0.2, 0) is 11.2 Å². The van der Waals surface area contributed by atoms with Gasteiger partial charge in [0.2, 0.25) is 5.91 Å². The monoisotopic (exact) mass is 578 g/mol. The number of halogens is 1. The third-order valence-corrected chi connectivity index (χ3v) is 7.97. The molecule has 214 valence electrons. The van der Waals surface area contributed by atoms with Gasteiger partial charge in [-0.3, -0.25) is 14.6 Å². The summed E-state index contributed by atoms with van der Waals surface area (Å²) in [6, 6.07) is 3.23. The summed E-state index contributed by atoms with van der Waals surface area (Å²) in [5.74, 6) is -0.723. The molecule has 0 spiro atoms. The Morgan fingerprint density at radius 3 is 2.54 bits per heavy atom. The molecule has 2 aliphatic rings. The fourth-order valence-corrected chi connectivity index (χ4v) is 5.54. The van der Waals surface area contributed by atoms with Gasteiger partial charge in [-0.15, -0.1) is 16.4 Å². The van der Waals surface area contributed by atoms with Crippen LogP contribution in [0.3, 0.4) is 0 Å². The summed E-state index contributed by atoms with van der Waals surface area (Å²) < 4.78 is 15.6. The minimum Gasteiger partial charge on any atom is -0.379 e. The Hall–Kier alpha value is -4.17. The van der Waals surface area contributed by atoms with Crippen molar-refractivity contribution in [1.29, 1.82) is 0 Å². The molecule has 2 aliphatic carbocycles. The highest BCUT2D eigenvalue weighted by Gasteiger charge is 2.27. The number of nitrogens with two attached hydrogens (primary N) is 1. The van der Waals surface area contributed by atoms with Gasteiger partial charge in [0.05, 0.1) is 41.0 Å². The first-order valence-electron chi connectivity index (χ1n) is 13.7. The molecule has 1 atom stereocenters. The van der Waals surface area contributed by atoms with Gasteiger partial charge in [0.25, 0.3) is 5.91 Å². The molecule has 2 saturated carbocycles. The number of hydrogen-bond acceptors (Lipinski definition) is 10. The maximum Gasteiger partial charge on any atom is 0.276 e. The lowest BCUT2D eigenvalue weighted by Gasteiger charge is -2.30. The van der Waals surface area contributed by atoms with Crippen molar-refractivity contribution in [2.75, 3.05) is 16.0 Å². The van der Waals surface area contributed by atoms with Crippen LogP contribution in [0, 0.1) is 5.82 Å². The van der Waals surface area contributed by atoms with Gasteiger partial charge in [0.1, 0.15) is 5.82 Å². The third-order valence-electron chi connectivity index (χ3n) is 7.33. The molecule has 0 unspecified atom stereocenters. The molecule has 14 heteroatoms. The molecule has 2 fully saturated rings. The molecule has 2 amide bonds. The Balaban J connectivity index is 1.12. The van der Waals surface area contributed by atoms with Crippen LogP contribution in [0.2, 0.25) is 0 Å². The molecule has 0 radical (unpaired) electrons. The molecular weight excluding hydrogens is 547 g/mol. The number of pyridine rings is 1. The Bertz CT molecular complexity index is 1530. The van der Waals surface area contributed by atoms with E-state index in [1.807, 2.05) is 11.4 Å². The van der Waals surface area contributed by atoms with Gasteiger partial charge >= 0.3 is 0 Å². The van der Waals surface area contributed by atoms with Crippen molar-refractivity contribution in [2.24, 2.45) is 5.73 Å². The number of anilines is 3. The fourth-order valence-electron chi connectivity index (χ4n) is 4.97. The van der Waals surface area contributed by atoms with Crippen LogP contribution < -0.4 is 27.0 Å². The summed E-state index contributed by atoms with van der Waals surface area (Å²) in [6.07, 6.45) is 9.70. The summed E-state index contributed by atoms with van der Waals surface area (Å²) in [6.45, 7) is 0. The van der Waals surface area contributed by atoms with E-state index >= 15 is 0 Å². The van der Waals surface area contributed by atoms with Gasteiger partial charge in [0, 0.05) is 42.2 Å². The number of carbonyl (C=O) groups is 2. The second kappa shape index (κ2) is 11.7. The number of nitrogens with zero attached hydrogens (tertiary/aromatic N) is 5. The van der Waals surface area contributed by atoms with E-state index in [2.05, 4.69) is 41.3 Å². The summed E-state index contributed by atoms with van der Waals surface area (Å²) in [4.78, 5) is 38.0. The topological polar surface area (TPSA) is 164 Å². The number of aromatic nitrogens is 5. The average molecular weight is 579 g/mol. The number of nitrogens with one attached hydrogen (secondary N) is 4. The van der Waals surface area contributed by atoms with Crippen molar-refractivity contribution < 1.29 is 14.0 Å². The lowest BCUT2D eigenvalue weighted by Crippen LogP contribution is -2.48. The largest absolute Gasteiger partial charge is 0.379 e. The summed E-state index contributed by atoms with van der Waals surface area (Å²) in [5, 5.41) is 19.2. The highest BCUT2D eigenvalue weighted by Crippen LogP contribution is 2.30. The van der Waals surface area contributed by atoms with Crippen molar-refractivity contribution in [2.45, 2.75) is 69.1 Å². The van der Waals surface area contributed by atoms with Crippen LogP contribution >= 0.6 is 11.3 Å². The van der Waals surface area contributed by atoms with Gasteiger partial charge < -0.3 is 27.0 Å². The first kappa shape index (κ1) is 27.0. The summed E-state index contributed by atoms with van der Waals surface area (Å²) in [7, 11) is 0. The normalized spacial score (nSPS) is 19.5. The van der Waals surface area contributed by atoms with Crippen molar-refractivity contribution in [3.8, 4) is 0 Å². The van der Waals surface area contributed by atoms with Gasteiger partial charge in [-0.2, -0.15) is 0 Å². The van der Waals surface area contributed by atoms with Crippen molar-refractivity contribution >= 4 is 46.0 Å². The zero-order valence-electron chi connectivity index (χ0n) is 22.2. The lowest BCUT2D eigenvalue weighted by molar-refractivity contribution is -0.123. The van der Waals surface area contributed by atoms with E-state index in [9.17, 15) is 14.0 Å². The molecule has 12 nitrogen and oxygen atoms in total. The van der Waals surface area contributed by atoms with E-state index in [-0.39, 0.29) is 29.4 Å². The van der Waals surface area contributed by atoms with Crippen LogP contribution in [0.1, 0.15) is 54.7 Å². The Morgan fingerprint density at radius 1 is 1.05 bits per heavy atom. The number of imidazole rings is 1. The van der Waals surface area contributed by atoms with Crippen LogP contribution in [-0.4, -0.2) is 60.5 Å². The summed E-state index contributed by atoms with van der Waals surface area (Å²) >= 11 is 1.49. The minimum absolute atomic E-state index is 0.0264. The third kappa shape index (κ3) is 6.43. The predicted octanol–water partition coefficient (Wildman–Crippen LogP) is 2.96. The zero-order valence-corrected chi connectivity index (χ0v) is 23.0. The van der Waals surface area contributed by atoms with Crippen LogP contribution in [0.5, 0.6) is 0 Å². The van der Waals surface area contributed by atoms with Crippen LogP contribution in [0.15, 0.2) is 41.6 Å². The second-order valence-corrected chi connectivity index (χ2v) is 11.3. The van der Waals surface area contributed by atoms with Gasteiger partial charge in [0.15, 0.2) is 17.2 Å². The van der Waals surface area contributed by atoms with Crippen molar-refractivity contribution in [1.82, 2.24) is 29.9 Å². The molecular formula is C27H31FN10O2S. The molecule has 4 aromatic heterocycles. The highest BCUT2D eigenvalue weighted by molar-refractivity contribution is 7.07. The van der Waals surface area contributed by atoms with E-state index in [0.29, 0.717) is 23.9 Å². The predicted molar refractivity (Wildman–Crippen MR) is 153 cm³/mol. The molecule has 4 aromatic rings. The Morgan fingerprint density at radius 2 is 1.80 bits per heavy atom. The molecule has 0 aliphatic heterocycles. The number of rotatable bonds is 10. The van der Waals surface area contributed by atoms with E-state index in [0.717, 1.165) is 56.1 Å². The van der Waals surface area contributed by atoms with Crippen LogP contribution in [0.25, 0.3) is 5.65 Å². The number of thiazole rings is 1. The van der Waals surface area contributed by atoms with Crippen LogP contribution in [0.4, 0.5) is 21.6 Å². The molecule has 41 heavy (non-hydrogen) atoms. The highest BCUT2D eigenvalue weighted by atomic mass is 32.1. The number of hydrogen-bond donors (Lipinski definition) is 5. The van der Waals surface area contributed by atoms with Gasteiger partial charge in [-0.25, -0.2) is 18.9 Å². The SMILES string of the molecule is N[C@@H](Cc1cscn1)C(=O)NC1CCC(Nc2cc(NC3CC3)c3ncc(C(=O)Nc4ccncc4F)n3n2)CC1. The number of amides is 2.